The number of nitrogens with one attached hydrogen (secondary N) is 2. The van der Waals surface area contributed by atoms with Crippen LogP contribution in [0.4, 0.5) is 18.9 Å². The van der Waals surface area contributed by atoms with E-state index in [1.54, 1.807) is 0 Å². The van der Waals surface area contributed by atoms with E-state index in [0.29, 0.717) is 6.61 Å². The molecule has 2 N–H and O–H groups in total. The number of fused-ring (bicyclic) bond motifs is 1. The number of hydrogen-bond acceptors (Lipinski definition) is 3. The summed E-state index contributed by atoms with van der Waals surface area (Å²) in [6.07, 6.45) is -1.79. The quantitative estimate of drug-likeness (QED) is 0.804. The Hall–Kier alpha value is -2.09. The third-order valence-corrected chi connectivity index (χ3v) is 4.85. The van der Waals surface area contributed by atoms with Crippen LogP contribution < -0.4 is 10.2 Å². The number of para-hydroxylation sites is 1. The van der Waals surface area contributed by atoms with Crippen LogP contribution in [0.3, 0.4) is 0 Å². The Labute approximate surface area is 143 Å². The Bertz CT molecular complexity index is 663. The molecule has 1 aromatic carbocycles. The van der Waals surface area contributed by atoms with Crippen molar-refractivity contribution in [3.8, 4) is 0 Å². The Kier molecular flexibility index (Phi) is 4.99. The van der Waals surface area contributed by atoms with Crippen molar-refractivity contribution in [3.05, 3.63) is 29.8 Å². The molecule has 2 saturated heterocycles. The highest BCUT2D eigenvalue weighted by Gasteiger charge is 2.44. The third-order valence-electron chi connectivity index (χ3n) is 4.85. The molecule has 3 rings (SSSR count). The van der Waals surface area contributed by atoms with E-state index < -0.39 is 29.7 Å². The molecule has 1 unspecified atom stereocenters. The molecule has 0 spiro atoms. The van der Waals surface area contributed by atoms with Crippen molar-refractivity contribution in [3.63, 3.8) is 0 Å². The van der Waals surface area contributed by atoms with Crippen molar-refractivity contribution in [2.24, 2.45) is 0 Å². The van der Waals surface area contributed by atoms with E-state index in [-0.39, 0.29) is 18.2 Å². The minimum Gasteiger partial charge on any atom is -0.455 e. The number of cyclic esters (lactones) is 1. The minimum absolute atomic E-state index is 0.173. The smallest absolute Gasteiger partial charge is 0.418 e. The summed E-state index contributed by atoms with van der Waals surface area (Å²) in [4.78, 5) is 25.4. The first-order valence-electron chi connectivity index (χ1n) is 8.34. The van der Waals surface area contributed by atoms with E-state index in [2.05, 4.69) is 5.32 Å². The third kappa shape index (κ3) is 3.95. The molecule has 2 fully saturated rings. The van der Waals surface area contributed by atoms with Crippen LogP contribution in [0, 0.1) is 0 Å². The van der Waals surface area contributed by atoms with Gasteiger partial charge >= 0.3 is 12.1 Å². The summed E-state index contributed by atoms with van der Waals surface area (Å²) in [5.74, 6) is -1.07. The van der Waals surface area contributed by atoms with Gasteiger partial charge in [-0.1, -0.05) is 12.1 Å². The van der Waals surface area contributed by atoms with E-state index in [0.717, 1.165) is 36.8 Å². The summed E-state index contributed by atoms with van der Waals surface area (Å²) in [6.45, 7) is 1.13. The van der Waals surface area contributed by atoms with Gasteiger partial charge in [0.25, 0.3) is 0 Å². The fraction of sp³-hybridized carbons (Fsp3) is 0.529. The monoisotopic (exact) mass is 357 g/mol. The van der Waals surface area contributed by atoms with Crippen LogP contribution in [0.25, 0.3) is 0 Å². The number of quaternary nitrogens is 1. The lowest BCUT2D eigenvalue weighted by Gasteiger charge is -2.40. The number of hydrogen-bond donors (Lipinski definition) is 2. The second kappa shape index (κ2) is 7.03. The Morgan fingerprint density at radius 1 is 1.28 bits per heavy atom. The van der Waals surface area contributed by atoms with E-state index in [1.807, 2.05) is 0 Å². The maximum atomic E-state index is 13.0. The van der Waals surface area contributed by atoms with Crippen LogP contribution in [-0.2, 0) is 20.5 Å². The molecule has 2 heterocycles. The first-order valence-corrected chi connectivity index (χ1v) is 8.34. The Balaban J connectivity index is 1.71. The lowest BCUT2D eigenvalue weighted by Crippen LogP contribution is -3.22. The van der Waals surface area contributed by atoms with Gasteiger partial charge in [0.2, 0.25) is 5.91 Å². The number of ether oxygens (including phenoxy) is 1. The van der Waals surface area contributed by atoms with Crippen molar-refractivity contribution in [1.82, 2.24) is 0 Å². The maximum Gasteiger partial charge on any atom is 0.418 e. The van der Waals surface area contributed by atoms with Crippen molar-refractivity contribution >= 4 is 17.6 Å². The average Bonchev–Trinajstić information content (AvgIpc) is 2.57. The molecule has 1 aromatic rings. The second-order valence-electron chi connectivity index (χ2n) is 6.50. The lowest BCUT2D eigenvalue weighted by molar-refractivity contribution is -0.951. The minimum atomic E-state index is -4.56. The lowest BCUT2D eigenvalue weighted by atomic mass is 9.97. The fourth-order valence-electron chi connectivity index (χ4n) is 3.63. The molecule has 1 amide bonds. The first-order chi connectivity index (χ1) is 11.9. The van der Waals surface area contributed by atoms with Crippen molar-refractivity contribution < 1.29 is 32.4 Å². The topological polar surface area (TPSA) is 59.8 Å². The standard InChI is InChI=1S/C17H19F3N2O3/c18-17(19,20)12-6-1-2-7-13(12)21-15(23)9-14-16(24)25-10-11-5-3-4-8-22(11)14/h1-2,6-7,11,14H,3-5,8-10H2,(H,21,23)/p+1/t11-,14-/m0/s1. The van der Waals surface area contributed by atoms with Gasteiger partial charge in [-0.15, -0.1) is 0 Å². The molecular weight excluding hydrogens is 337 g/mol. The van der Waals surface area contributed by atoms with Gasteiger partial charge in [0.1, 0.15) is 12.6 Å². The van der Waals surface area contributed by atoms with Crippen molar-refractivity contribution in [2.75, 3.05) is 18.5 Å². The van der Waals surface area contributed by atoms with Crippen molar-refractivity contribution in [2.45, 2.75) is 43.9 Å². The second-order valence-corrected chi connectivity index (χ2v) is 6.50. The van der Waals surface area contributed by atoms with Crippen LogP contribution in [0.5, 0.6) is 0 Å². The molecule has 25 heavy (non-hydrogen) atoms. The SMILES string of the molecule is O=C(C[C@H]1C(=O)OC[C@@H]2CCCC[NH+]21)Nc1ccccc1C(F)(F)F. The highest BCUT2D eigenvalue weighted by atomic mass is 19.4. The predicted octanol–water partition coefficient (Wildman–Crippen LogP) is 1.40. The number of alkyl halides is 3. The maximum absolute atomic E-state index is 13.0. The van der Waals surface area contributed by atoms with Gasteiger partial charge in [0, 0.05) is 6.42 Å². The van der Waals surface area contributed by atoms with Crippen LogP contribution in [0.15, 0.2) is 24.3 Å². The van der Waals surface area contributed by atoms with Crippen LogP contribution in [0.1, 0.15) is 31.2 Å². The normalized spacial score (nSPS) is 26.5. The number of piperidine rings is 1. The summed E-state index contributed by atoms with van der Waals surface area (Å²) in [5, 5.41) is 2.30. The van der Waals surface area contributed by atoms with Crippen LogP contribution in [0.2, 0.25) is 0 Å². The molecule has 0 radical (unpaired) electrons. The van der Waals surface area contributed by atoms with Crippen molar-refractivity contribution in [1.29, 1.82) is 0 Å². The van der Waals surface area contributed by atoms with Gasteiger partial charge in [-0.3, -0.25) is 4.79 Å². The van der Waals surface area contributed by atoms with Gasteiger partial charge in [-0.05, 0) is 25.0 Å². The molecule has 0 aromatic heterocycles. The van der Waals surface area contributed by atoms with Gasteiger partial charge < -0.3 is 15.0 Å². The average molecular weight is 357 g/mol. The summed E-state index contributed by atoms with van der Waals surface area (Å²) >= 11 is 0. The first kappa shape index (κ1) is 17.7. The van der Waals surface area contributed by atoms with E-state index >= 15 is 0 Å². The number of amides is 1. The number of rotatable bonds is 3. The summed E-state index contributed by atoms with van der Waals surface area (Å²) in [6, 6.07) is 4.32. The molecular formula is C17H20F3N2O3+. The summed E-state index contributed by atoms with van der Waals surface area (Å²) < 4.78 is 44.2. The fourth-order valence-corrected chi connectivity index (χ4v) is 3.63. The number of carbonyl (C=O) groups is 2. The molecule has 0 bridgehead atoms. The Morgan fingerprint density at radius 3 is 2.80 bits per heavy atom. The molecule has 3 atom stereocenters. The Morgan fingerprint density at radius 2 is 2.04 bits per heavy atom. The van der Waals surface area contributed by atoms with Gasteiger partial charge in [-0.2, -0.15) is 13.2 Å². The number of anilines is 1. The van der Waals surface area contributed by atoms with Gasteiger partial charge in [0.05, 0.1) is 24.2 Å². The zero-order chi connectivity index (χ0) is 18.0. The zero-order valence-corrected chi connectivity index (χ0v) is 13.6. The van der Waals surface area contributed by atoms with Gasteiger partial charge in [-0.25, -0.2) is 4.79 Å². The number of benzene rings is 1. The number of morpholine rings is 1. The number of halogens is 3. The van der Waals surface area contributed by atoms with Crippen LogP contribution >= 0.6 is 0 Å². The highest BCUT2D eigenvalue weighted by Crippen LogP contribution is 2.34. The molecule has 8 heteroatoms. The van der Waals surface area contributed by atoms with Gasteiger partial charge in [0.15, 0.2) is 6.04 Å². The summed E-state index contributed by atoms with van der Waals surface area (Å²) in [7, 11) is 0. The van der Waals surface area contributed by atoms with Crippen LogP contribution in [-0.4, -0.2) is 37.1 Å². The molecule has 5 nitrogen and oxygen atoms in total. The predicted molar refractivity (Wildman–Crippen MR) is 82.9 cm³/mol. The zero-order valence-electron chi connectivity index (χ0n) is 13.6. The molecule has 0 aliphatic carbocycles. The van der Waals surface area contributed by atoms with E-state index in [4.69, 9.17) is 4.74 Å². The molecule has 136 valence electrons. The van der Waals surface area contributed by atoms with E-state index in [9.17, 15) is 22.8 Å². The molecule has 0 saturated carbocycles. The number of esters is 1. The molecule has 2 aliphatic heterocycles. The molecule has 2 aliphatic rings. The largest absolute Gasteiger partial charge is 0.455 e. The number of carbonyl (C=O) groups excluding carboxylic acids is 2. The van der Waals surface area contributed by atoms with E-state index in [1.165, 1.54) is 18.2 Å². The summed E-state index contributed by atoms with van der Waals surface area (Å²) in [5.41, 5.74) is -1.20. The highest BCUT2D eigenvalue weighted by molar-refractivity contribution is 5.94.